The van der Waals surface area contributed by atoms with Gasteiger partial charge in [-0.25, -0.2) is 18.3 Å². The van der Waals surface area contributed by atoms with Crippen LogP contribution in [0.15, 0.2) is 83.3 Å². The standard InChI is InChI=1S/C29H21BrF2N4O/c1-17-22-5-3-2-4-18(22)12-13-35(17)29(37)26-15-27(19-6-9-21(31)10-7-19)36-28(33-26)16-25(34-36)23-11-8-20(30)14-24(23)32/h2-11,14-17H,12-13H2,1H3/t17-/m1/s1. The van der Waals surface area contributed by atoms with Crippen molar-refractivity contribution in [3.05, 3.63) is 112 Å². The monoisotopic (exact) mass is 558 g/mol. The maximum Gasteiger partial charge on any atom is 0.273 e. The fraction of sp³-hybridized carbons (Fsp3) is 0.138. The molecule has 37 heavy (non-hydrogen) atoms. The van der Waals surface area contributed by atoms with Gasteiger partial charge in [0.2, 0.25) is 0 Å². The maximum atomic E-state index is 14.7. The van der Waals surface area contributed by atoms with E-state index in [1.807, 2.05) is 24.0 Å². The van der Waals surface area contributed by atoms with E-state index in [9.17, 15) is 13.6 Å². The summed E-state index contributed by atoms with van der Waals surface area (Å²) in [5, 5.41) is 4.61. The minimum Gasteiger partial charge on any atom is -0.330 e. The summed E-state index contributed by atoms with van der Waals surface area (Å²) in [4.78, 5) is 20.2. The van der Waals surface area contributed by atoms with Gasteiger partial charge >= 0.3 is 0 Å². The van der Waals surface area contributed by atoms with Gasteiger partial charge in [0.15, 0.2) is 5.65 Å². The number of nitrogens with zero attached hydrogens (tertiary/aromatic N) is 4. The lowest BCUT2D eigenvalue weighted by atomic mass is 9.93. The van der Waals surface area contributed by atoms with Crippen molar-refractivity contribution in [2.75, 3.05) is 6.54 Å². The van der Waals surface area contributed by atoms with Crippen molar-refractivity contribution in [3.8, 4) is 22.5 Å². The summed E-state index contributed by atoms with van der Waals surface area (Å²) in [6.45, 7) is 2.59. The molecule has 0 unspecified atom stereocenters. The Balaban J connectivity index is 1.48. The first-order valence-corrected chi connectivity index (χ1v) is 12.7. The average Bonchev–Trinajstić information content (AvgIpc) is 3.32. The zero-order chi connectivity index (χ0) is 25.7. The van der Waals surface area contributed by atoms with Gasteiger partial charge in [0, 0.05) is 28.2 Å². The molecule has 0 radical (unpaired) electrons. The van der Waals surface area contributed by atoms with E-state index in [0.29, 0.717) is 39.2 Å². The first-order valence-electron chi connectivity index (χ1n) is 11.9. The molecule has 8 heteroatoms. The number of amides is 1. The van der Waals surface area contributed by atoms with Crippen LogP contribution in [0.5, 0.6) is 0 Å². The second-order valence-electron chi connectivity index (χ2n) is 9.08. The number of carbonyl (C=O) groups excluding carboxylic acids is 1. The predicted molar refractivity (Wildman–Crippen MR) is 141 cm³/mol. The first-order chi connectivity index (χ1) is 17.9. The van der Waals surface area contributed by atoms with Crippen molar-refractivity contribution in [2.45, 2.75) is 19.4 Å². The molecule has 184 valence electrons. The number of rotatable bonds is 3. The van der Waals surface area contributed by atoms with Gasteiger partial charge in [-0.1, -0.05) is 40.2 Å². The molecule has 5 nitrogen and oxygen atoms in total. The van der Waals surface area contributed by atoms with Crippen LogP contribution >= 0.6 is 15.9 Å². The van der Waals surface area contributed by atoms with Gasteiger partial charge in [-0.05, 0) is 73.0 Å². The van der Waals surface area contributed by atoms with E-state index in [2.05, 4.69) is 38.1 Å². The van der Waals surface area contributed by atoms with Crippen LogP contribution in [0.2, 0.25) is 0 Å². The van der Waals surface area contributed by atoms with E-state index < -0.39 is 5.82 Å². The zero-order valence-corrected chi connectivity index (χ0v) is 21.4. The van der Waals surface area contributed by atoms with Crippen LogP contribution in [0.3, 0.4) is 0 Å². The third-order valence-corrected chi connectivity index (χ3v) is 7.34. The molecule has 0 spiro atoms. The van der Waals surface area contributed by atoms with E-state index in [1.165, 1.54) is 23.8 Å². The first kappa shape index (κ1) is 23.5. The number of carbonyl (C=O) groups is 1. The van der Waals surface area contributed by atoms with Gasteiger partial charge in [0.05, 0.1) is 17.4 Å². The molecule has 1 aliphatic rings. The molecule has 3 heterocycles. The number of halogens is 3. The van der Waals surface area contributed by atoms with Crippen molar-refractivity contribution in [1.82, 2.24) is 19.5 Å². The Morgan fingerprint density at radius 3 is 2.57 bits per heavy atom. The molecule has 3 aromatic carbocycles. The summed E-state index contributed by atoms with van der Waals surface area (Å²) < 4.78 is 30.6. The molecule has 2 aromatic heterocycles. The molecule has 0 saturated heterocycles. The van der Waals surface area contributed by atoms with Gasteiger partial charge in [0.1, 0.15) is 17.3 Å². The second-order valence-corrected chi connectivity index (χ2v) is 10.00. The summed E-state index contributed by atoms with van der Waals surface area (Å²) in [5.41, 5.74) is 4.92. The minimum absolute atomic E-state index is 0.109. The molecule has 0 saturated carbocycles. The molecule has 1 amide bonds. The van der Waals surface area contributed by atoms with Gasteiger partial charge < -0.3 is 4.90 Å². The van der Waals surface area contributed by atoms with Gasteiger partial charge in [0.25, 0.3) is 5.91 Å². The maximum absolute atomic E-state index is 14.7. The Morgan fingerprint density at radius 1 is 1.00 bits per heavy atom. The van der Waals surface area contributed by atoms with Crippen LogP contribution in [-0.2, 0) is 6.42 Å². The molecule has 5 aromatic rings. The average molecular weight is 559 g/mol. The fourth-order valence-electron chi connectivity index (χ4n) is 4.94. The smallest absolute Gasteiger partial charge is 0.273 e. The van der Waals surface area contributed by atoms with Crippen molar-refractivity contribution < 1.29 is 13.6 Å². The van der Waals surface area contributed by atoms with Crippen LogP contribution in [0.25, 0.3) is 28.2 Å². The lowest BCUT2D eigenvalue weighted by molar-refractivity contribution is 0.0672. The summed E-state index contributed by atoms with van der Waals surface area (Å²) in [6.07, 6.45) is 0.763. The highest BCUT2D eigenvalue weighted by molar-refractivity contribution is 9.10. The molecule has 0 fully saturated rings. The summed E-state index contributed by atoms with van der Waals surface area (Å²) >= 11 is 3.28. The third kappa shape index (κ3) is 4.21. The van der Waals surface area contributed by atoms with E-state index in [-0.39, 0.29) is 23.5 Å². The number of hydrogen-bond donors (Lipinski definition) is 0. The van der Waals surface area contributed by atoms with Crippen LogP contribution in [-0.4, -0.2) is 31.9 Å². The SMILES string of the molecule is C[C@@H]1c2ccccc2CCN1C(=O)c1cc(-c2ccc(F)cc2)n2nc(-c3ccc(Br)cc3F)cc2n1. The Morgan fingerprint density at radius 2 is 1.78 bits per heavy atom. The van der Waals surface area contributed by atoms with E-state index in [0.717, 1.165) is 12.0 Å². The Hall–Kier alpha value is -3.91. The highest BCUT2D eigenvalue weighted by Gasteiger charge is 2.29. The highest BCUT2D eigenvalue weighted by atomic mass is 79.9. The van der Waals surface area contributed by atoms with E-state index in [4.69, 9.17) is 0 Å². The molecule has 0 bridgehead atoms. The van der Waals surface area contributed by atoms with Crippen LogP contribution in [0.1, 0.15) is 34.6 Å². The topological polar surface area (TPSA) is 50.5 Å². The summed E-state index contributed by atoms with van der Waals surface area (Å²) in [5.74, 6) is -1.01. The number of benzene rings is 3. The highest BCUT2D eigenvalue weighted by Crippen LogP contribution is 2.32. The second kappa shape index (κ2) is 9.19. The third-order valence-electron chi connectivity index (χ3n) is 6.85. The Bertz CT molecular complexity index is 1670. The summed E-state index contributed by atoms with van der Waals surface area (Å²) in [6, 6.07) is 22.1. The number of aromatic nitrogens is 3. The normalized spacial score (nSPS) is 15.1. The van der Waals surface area contributed by atoms with Crippen molar-refractivity contribution in [1.29, 1.82) is 0 Å². The molecule has 6 rings (SSSR count). The molecule has 1 atom stereocenters. The molecule has 1 aliphatic heterocycles. The lowest BCUT2D eigenvalue weighted by Gasteiger charge is -2.35. The van der Waals surface area contributed by atoms with Crippen molar-refractivity contribution in [2.24, 2.45) is 0 Å². The van der Waals surface area contributed by atoms with Crippen LogP contribution in [0, 0.1) is 11.6 Å². The number of fused-ring (bicyclic) bond motifs is 2. The minimum atomic E-state index is -0.432. The van der Waals surface area contributed by atoms with Crippen LogP contribution in [0.4, 0.5) is 8.78 Å². The number of hydrogen-bond acceptors (Lipinski definition) is 3. The zero-order valence-electron chi connectivity index (χ0n) is 19.8. The van der Waals surface area contributed by atoms with Gasteiger partial charge in [-0.3, -0.25) is 4.79 Å². The molecule has 0 N–H and O–H groups in total. The summed E-state index contributed by atoms with van der Waals surface area (Å²) in [7, 11) is 0. The lowest BCUT2D eigenvalue weighted by Crippen LogP contribution is -2.39. The molecular weight excluding hydrogens is 538 g/mol. The van der Waals surface area contributed by atoms with Crippen LogP contribution < -0.4 is 0 Å². The van der Waals surface area contributed by atoms with Crippen molar-refractivity contribution in [3.63, 3.8) is 0 Å². The fourth-order valence-corrected chi connectivity index (χ4v) is 5.27. The van der Waals surface area contributed by atoms with E-state index in [1.54, 1.807) is 40.9 Å². The quantitative estimate of drug-likeness (QED) is 0.243. The Kier molecular flexibility index (Phi) is 5.83. The molecular formula is C29H21BrF2N4O. The predicted octanol–water partition coefficient (Wildman–Crippen LogP) is 6.86. The largest absolute Gasteiger partial charge is 0.330 e. The molecule has 0 aliphatic carbocycles. The Labute approximate surface area is 220 Å². The van der Waals surface area contributed by atoms with E-state index >= 15 is 0 Å². The van der Waals surface area contributed by atoms with Gasteiger partial charge in [-0.15, -0.1) is 0 Å². The van der Waals surface area contributed by atoms with Gasteiger partial charge in [-0.2, -0.15) is 5.10 Å². The van der Waals surface area contributed by atoms with Crippen molar-refractivity contribution >= 4 is 27.5 Å².